The molecule has 6 nitrogen and oxygen atoms in total. The summed E-state index contributed by atoms with van der Waals surface area (Å²) in [6.07, 6.45) is 1.54. The summed E-state index contributed by atoms with van der Waals surface area (Å²) in [5.74, 6) is 0.324. The summed E-state index contributed by atoms with van der Waals surface area (Å²) < 4.78 is 2.70. The van der Waals surface area contributed by atoms with Crippen LogP contribution in [-0.4, -0.2) is 19.6 Å². The van der Waals surface area contributed by atoms with Gasteiger partial charge < -0.3 is 5.73 Å². The molecule has 6 heteroatoms. The number of hydrogen-bond acceptors (Lipinski definition) is 4. The smallest absolute Gasteiger partial charge is 0.292 e. The Morgan fingerprint density at radius 3 is 2.77 bits per heavy atom. The van der Waals surface area contributed by atoms with E-state index in [2.05, 4.69) is 10.2 Å². The molecular weight excluding hydrogens is 170 g/mol. The summed E-state index contributed by atoms with van der Waals surface area (Å²) in [6.45, 7) is 0. The van der Waals surface area contributed by atoms with Gasteiger partial charge in [-0.3, -0.25) is 9.48 Å². The predicted molar refractivity (Wildman–Crippen MR) is 48.2 cm³/mol. The molecule has 0 fully saturated rings. The van der Waals surface area contributed by atoms with E-state index in [1.54, 1.807) is 20.3 Å². The van der Waals surface area contributed by atoms with Crippen molar-refractivity contribution in [1.29, 1.82) is 0 Å². The second-order valence-electron chi connectivity index (χ2n) is 2.84. The summed E-state index contributed by atoms with van der Waals surface area (Å²) in [7, 11) is 3.26. The van der Waals surface area contributed by atoms with Crippen LogP contribution < -0.4 is 11.3 Å². The lowest BCUT2D eigenvalue weighted by Crippen LogP contribution is -2.22. The number of hydrogen-bond donors (Lipinski definition) is 1. The van der Waals surface area contributed by atoms with Crippen molar-refractivity contribution in [1.82, 2.24) is 19.6 Å². The predicted octanol–water partition coefficient (Wildman–Crippen LogP) is -0.751. The molecule has 2 N–H and O–H groups in total. The molecule has 0 aromatic carbocycles. The molecule has 13 heavy (non-hydrogen) atoms. The Morgan fingerprint density at radius 2 is 2.08 bits per heavy atom. The highest BCUT2D eigenvalue weighted by molar-refractivity contribution is 5.86. The van der Waals surface area contributed by atoms with E-state index in [9.17, 15) is 4.79 Å². The van der Waals surface area contributed by atoms with E-state index in [4.69, 9.17) is 5.73 Å². The Bertz CT molecular complexity index is 523. The first-order chi connectivity index (χ1) is 6.11. The summed E-state index contributed by atoms with van der Waals surface area (Å²) in [6, 6.07) is 0. The van der Waals surface area contributed by atoms with Crippen LogP contribution in [0.2, 0.25) is 0 Å². The van der Waals surface area contributed by atoms with E-state index in [1.165, 1.54) is 9.36 Å². The van der Waals surface area contributed by atoms with E-state index >= 15 is 0 Å². The van der Waals surface area contributed by atoms with Crippen LogP contribution in [0.25, 0.3) is 10.9 Å². The number of nitrogens with two attached hydrogens (primary N) is 1. The highest BCUT2D eigenvalue weighted by Crippen LogP contribution is 2.12. The lowest BCUT2D eigenvalue weighted by molar-refractivity contribution is 0.709. The van der Waals surface area contributed by atoms with Gasteiger partial charge in [-0.2, -0.15) is 10.2 Å². The molecule has 0 aliphatic heterocycles. The largest absolute Gasteiger partial charge is 0.382 e. The van der Waals surface area contributed by atoms with Gasteiger partial charge in [-0.1, -0.05) is 0 Å². The van der Waals surface area contributed by atoms with Crippen LogP contribution in [0, 0.1) is 0 Å². The van der Waals surface area contributed by atoms with E-state index in [0.717, 1.165) is 0 Å². The Labute approximate surface area is 73.6 Å². The van der Waals surface area contributed by atoms with E-state index in [1.807, 2.05) is 0 Å². The molecule has 0 saturated heterocycles. The molecule has 0 atom stereocenters. The fourth-order valence-electron chi connectivity index (χ4n) is 1.29. The van der Waals surface area contributed by atoms with Gasteiger partial charge in [0.15, 0.2) is 5.82 Å². The third-order valence-corrected chi connectivity index (χ3v) is 1.97. The maximum Gasteiger partial charge on any atom is 0.292 e. The number of aryl methyl sites for hydroxylation is 2. The number of aromatic nitrogens is 4. The Morgan fingerprint density at radius 1 is 1.38 bits per heavy atom. The molecule has 0 radical (unpaired) electrons. The van der Waals surface area contributed by atoms with Crippen molar-refractivity contribution >= 4 is 16.7 Å². The van der Waals surface area contributed by atoms with E-state index in [-0.39, 0.29) is 5.56 Å². The number of rotatable bonds is 0. The average molecular weight is 179 g/mol. The average Bonchev–Trinajstić information content (AvgIpc) is 2.44. The Hall–Kier alpha value is -1.85. The van der Waals surface area contributed by atoms with Crippen LogP contribution in [0.1, 0.15) is 0 Å². The maximum atomic E-state index is 11.5. The van der Waals surface area contributed by atoms with Gasteiger partial charge in [-0.25, -0.2) is 4.68 Å². The topological polar surface area (TPSA) is 78.7 Å². The number of nitrogens with zero attached hydrogens (tertiary/aromatic N) is 4. The van der Waals surface area contributed by atoms with E-state index < -0.39 is 0 Å². The molecule has 2 heterocycles. The van der Waals surface area contributed by atoms with Crippen LogP contribution in [0.3, 0.4) is 0 Å². The van der Waals surface area contributed by atoms with Gasteiger partial charge in [0.05, 0.1) is 11.6 Å². The zero-order chi connectivity index (χ0) is 9.59. The fraction of sp³-hybridized carbons (Fsp3) is 0.286. The lowest BCUT2D eigenvalue weighted by atomic mass is 10.3. The summed E-state index contributed by atoms with van der Waals surface area (Å²) in [5, 5.41) is 8.39. The summed E-state index contributed by atoms with van der Waals surface area (Å²) in [4.78, 5) is 11.5. The van der Waals surface area contributed by atoms with Crippen LogP contribution >= 0.6 is 0 Å². The number of nitrogen functional groups attached to an aromatic ring is 1. The van der Waals surface area contributed by atoms with Crippen molar-refractivity contribution < 1.29 is 0 Å². The van der Waals surface area contributed by atoms with Crippen LogP contribution in [0.4, 0.5) is 5.82 Å². The Balaban J connectivity index is 3.10. The number of fused-ring (bicyclic) bond motifs is 1. The van der Waals surface area contributed by atoms with Crippen molar-refractivity contribution in [3.05, 3.63) is 16.6 Å². The van der Waals surface area contributed by atoms with Gasteiger partial charge in [-0.15, -0.1) is 0 Å². The quantitative estimate of drug-likeness (QED) is 0.577. The molecule has 68 valence electrons. The summed E-state index contributed by atoms with van der Waals surface area (Å²) >= 11 is 0. The van der Waals surface area contributed by atoms with Crippen molar-refractivity contribution in [2.45, 2.75) is 0 Å². The minimum absolute atomic E-state index is 0.191. The standard InChI is InChI=1S/C7H9N5O/c1-11-5-4(3-9-11)6(8)10-12(2)7(5)13/h3H,1-2H3,(H2,8,10). The molecule has 2 rings (SSSR count). The molecule has 0 spiro atoms. The molecule has 0 unspecified atom stereocenters. The maximum absolute atomic E-state index is 11.5. The van der Waals surface area contributed by atoms with Crippen LogP contribution in [0.15, 0.2) is 11.0 Å². The zero-order valence-electron chi connectivity index (χ0n) is 7.35. The zero-order valence-corrected chi connectivity index (χ0v) is 7.35. The highest BCUT2D eigenvalue weighted by atomic mass is 16.1. The second-order valence-corrected chi connectivity index (χ2v) is 2.84. The van der Waals surface area contributed by atoms with Crippen molar-refractivity contribution in [3.8, 4) is 0 Å². The monoisotopic (exact) mass is 179 g/mol. The molecule has 0 amide bonds. The van der Waals surface area contributed by atoms with Crippen LogP contribution in [-0.2, 0) is 14.1 Å². The van der Waals surface area contributed by atoms with Gasteiger partial charge in [0, 0.05) is 14.1 Å². The lowest BCUT2D eigenvalue weighted by Gasteiger charge is -1.99. The molecule has 0 aliphatic carbocycles. The van der Waals surface area contributed by atoms with Gasteiger partial charge in [0.25, 0.3) is 5.56 Å². The number of anilines is 1. The third kappa shape index (κ3) is 0.915. The van der Waals surface area contributed by atoms with E-state index in [0.29, 0.717) is 16.7 Å². The SMILES string of the molecule is Cn1nc(N)c2cnn(C)c2c1=O. The van der Waals surface area contributed by atoms with Gasteiger partial charge in [0.1, 0.15) is 5.52 Å². The fourth-order valence-corrected chi connectivity index (χ4v) is 1.29. The Kier molecular flexibility index (Phi) is 1.39. The van der Waals surface area contributed by atoms with Crippen molar-refractivity contribution in [2.24, 2.45) is 14.1 Å². The normalized spacial score (nSPS) is 10.9. The van der Waals surface area contributed by atoms with Crippen molar-refractivity contribution in [2.75, 3.05) is 5.73 Å². The molecule has 0 bridgehead atoms. The first-order valence-electron chi connectivity index (χ1n) is 3.75. The first-order valence-corrected chi connectivity index (χ1v) is 3.75. The first kappa shape index (κ1) is 7.78. The van der Waals surface area contributed by atoms with Gasteiger partial charge >= 0.3 is 0 Å². The van der Waals surface area contributed by atoms with Gasteiger partial charge in [-0.05, 0) is 0 Å². The second kappa shape index (κ2) is 2.32. The van der Waals surface area contributed by atoms with Gasteiger partial charge in [0.2, 0.25) is 0 Å². The molecular formula is C7H9N5O. The molecule has 0 aliphatic rings. The summed E-state index contributed by atoms with van der Waals surface area (Å²) in [5.41, 5.74) is 5.91. The van der Waals surface area contributed by atoms with Crippen LogP contribution in [0.5, 0.6) is 0 Å². The minimum Gasteiger partial charge on any atom is -0.382 e. The van der Waals surface area contributed by atoms with Crippen molar-refractivity contribution in [3.63, 3.8) is 0 Å². The minimum atomic E-state index is -0.191. The highest BCUT2D eigenvalue weighted by Gasteiger charge is 2.09. The molecule has 0 saturated carbocycles. The molecule has 2 aromatic heterocycles. The molecule has 2 aromatic rings. The third-order valence-electron chi connectivity index (χ3n) is 1.97.